The van der Waals surface area contributed by atoms with E-state index in [-0.39, 0.29) is 18.2 Å². The molecule has 1 N–H and O–H groups in total. The summed E-state index contributed by atoms with van der Waals surface area (Å²) in [5.74, 6) is 0.705. The first-order valence-corrected chi connectivity index (χ1v) is 10.5. The Balaban J connectivity index is 1.45. The van der Waals surface area contributed by atoms with Gasteiger partial charge in [-0.1, -0.05) is 48.0 Å². The molecule has 0 spiro atoms. The molecule has 0 saturated heterocycles. The van der Waals surface area contributed by atoms with Gasteiger partial charge in [0, 0.05) is 35.4 Å². The minimum atomic E-state index is -0.735. The molecule has 158 valence electrons. The average molecular weight is 436 g/mol. The molecule has 3 aromatic rings. The van der Waals surface area contributed by atoms with Crippen molar-refractivity contribution in [2.24, 2.45) is 0 Å². The minimum absolute atomic E-state index is 0.132. The van der Waals surface area contributed by atoms with Crippen LogP contribution in [0.25, 0.3) is 0 Å². The maximum Gasteiger partial charge on any atom is 0.274 e. The fourth-order valence-electron chi connectivity index (χ4n) is 3.51. The SMILES string of the molecule is Cc1c(Cl)cccc1NC(=O)CCCN1C(=O)[C@H](c2ccccc2)Oc2cccnc21. The smallest absolute Gasteiger partial charge is 0.274 e. The zero-order chi connectivity index (χ0) is 21.8. The van der Waals surface area contributed by atoms with Crippen LogP contribution in [0.5, 0.6) is 5.75 Å². The molecule has 1 aliphatic heterocycles. The van der Waals surface area contributed by atoms with Crippen molar-refractivity contribution in [2.45, 2.75) is 25.9 Å². The van der Waals surface area contributed by atoms with E-state index >= 15 is 0 Å². The van der Waals surface area contributed by atoms with E-state index in [1.165, 1.54) is 0 Å². The number of nitrogens with one attached hydrogen (secondary N) is 1. The van der Waals surface area contributed by atoms with Crippen LogP contribution in [0.2, 0.25) is 5.02 Å². The van der Waals surface area contributed by atoms with Crippen molar-refractivity contribution in [2.75, 3.05) is 16.8 Å². The summed E-state index contributed by atoms with van der Waals surface area (Å²) in [6.45, 7) is 2.22. The molecule has 0 unspecified atom stereocenters. The summed E-state index contributed by atoms with van der Waals surface area (Å²) in [7, 11) is 0. The minimum Gasteiger partial charge on any atom is -0.472 e. The Labute approximate surface area is 185 Å². The van der Waals surface area contributed by atoms with E-state index in [9.17, 15) is 9.59 Å². The third-order valence-electron chi connectivity index (χ3n) is 5.17. The van der Waals surface area contributed by atoms with Gasteiger partial charge < -0.3 is 10.1 Å². The van der Waals surface area contributed by atoms with Gasteiger partial charge in [-0.15, -0.1) is 0 Å². The van der Waals surface area contributed by atoms with E-state index in [2.05, 4.69) is 10.3 Å². The number of carbonyl (C=O) groups excluding carboxylic acids is 2. The molecule has 2 amide bonds. The first kappa shape index (κ1) is 20.9. The fourth-order valence-corrected chi connectivity index (χ4v) is 3.68. The largest absolute Gasteiger partial charge is 0.472 e. The first-order valence-electron chi connectivity index (χ1n) is 10.1. The number of nitrogens with zero attached hydrogens (tertiary/aromatic N) is 2. The summed E-state index contributed by atoms with van der Waals surface area (Å²) in [5.41, 5.74) is 2.29. The predicted octanol–water partition coefficient (Wildman–Crippen LogP) is 4.93. The van der Waals surface area contributed by atoms with E-state index < -0.39 is 6.10 Å². The third-order valence-corrected chi connectivity index (χ3v) is 5.58. The van der Waals surface area contributed by atoms with Gasteiger partial charge in [0.15, 0.2) is 11.6 Å². The fraction of sp³-hybridized carbons (Fsp3) is 0.208. The van der Waals surface area contributed by atoms with Gasteiger partial charge in [-0.2, -0.15) is 0 Å². The maximum absolute atomic E-state index is 13.2. The first-order chi connectivity index (χ1) is 15.0. The van der Waals surface area contributed by atoms with Crippen LogP contribution in [-0.2, 0) is 9.59 Å². The lowest BCUT2D eigenvalue weighted by atomic mass is 10.1. The molecule has 0 aliphatic carbocycles. The highest BCUT2D eigenvalue weighted by atomic mass is 35.5. The quantitative estimate of drug-likeness (QED) is 0.596. The molecule has 1 aromatic heterocycles. The second-order valence-electron chi connectivity index (χ2n) is 7.29. The van der Waals surface area contributed by atoms with Gasteiger partial charge in [-0.3, -0.25) is 14.5 Å². The van der Waals surface area contributed by atoms with E-state index in [0.717, 1.165) is 11.1 Å². The standard InChI is InChI=1S/C24H22ClN3O3/c1-16-18(25)10-5-11-19(16)27-21(29)13-7-15-28-23-20(12-6-14-26-23)31-22(24(28)30)17-8-3-2-4-9-17/h2-6,8-12,14,22H,7,13,15H2,1H3,(H,27,29)/t22-/m0/s1. The Bertz CT molecular complexity index is 1100. The van der Waals surface area contributed by atoms with E-state index in [1.807, 2.05) is 43.3 Å². The van der Waals surface area contributed by atoms with Crippen molar-refractivity contribution in [1.29, 1.82) is 0 Å². The number of halogens is 1. The van der Waals surface area contributed by atoms with Gasteiger partial charge in [-0.05, 0) is 43.2 Å². The molecule has 0 fully saturated rings. The highest BCUT2D eigenvalue weighted by Crippen LogP contribution is 2.37. The lowest BCUT2D eigenvalue weighted by Gasteiger charge is -2.33. The summed E-state index contributed by atoms with van der Waals surface area (Å²) >= 11 is 6.12. The zero-order valence-electron chi connectivity index (χ0n) is 17.0. The lowest BCUT2D eigenvalue weighted by molar-refractivity contribution is -0.127. The molecular formula is C24H22ClN3O3. The molecule has 31 heavy (non-hydrogen) atoms. The van der Waals surface area contributed by atoms with E-state index in [4.69, 9.17) is 16.3 Å². The average Bonchev–Trinajstić information content (AvgIpc) is 2.79. The van der Waals surface area contributed by atoms with Crippen molar-refractivity contribution >= 4 is 34.9 Å². The Morgan fingerprint density at radius 3 is 2.74 bits per heavy atom. The molecule has 0 radical (unpaired) electrons. The van der Waals surface area contributed by atoms with Gasteiger partial charge >= 0.3 is 0 Å². The van der Waals surface area contributed by atoms with Gasteiger partial charge in [0.1, 0.15) is 0 Å². The maximum atomic E-state index is 13.2. The van der Waals surface area contributed by atoms with Crippen LogP contribution < -0.4 is 15.0 Å². The molecule has 7 heteroatoms. The number of aromatic nitrogens is 1. The van der Waals surface area contributed by atoms with E-state index in [0.29, 0.717) is 35.2 Å². The zero-order valence-corrected chi connectivity index (χ0v) is 17.8. The van der Waals surface area contributed by atoms with Gasteiger partial charge in [0.2, 0.25) is 12.0 Å². The Morgan fingerprint density at radius 1 is 1.13 bits per heavy atom. The normalized spacial score (nSPS) is 15.2. The van der Waals surface area contributed by atoms with Crippen LogP contribution in [0.3, 0.4) is 0 Å². The number of amides is 2. The monoisotopic (exact) mass is 435 g/mol. The second-order valence-corrected chi connectivity index (χ2v) is 7.69. The Hall–Kier alpha value is -3.38. The summed E-state index contributed by atoms with van der Waals surface area (Å²) in [4.78, 5) is 31.6. The highest BCUT2D eigenvalue weighted by Gasteiger charge is 2.36. The van der Waals surface area contributed by atoms with Crippen LogP contribution in [0.15, 0.2) is 66.9 Å². The van der Waals surface area contributed by atoms with Crippen molar-refractivity contribution in [1.82, 2.24) is 4.98 Å². The predicted molar refractivity (Wildman–Crippen MR) is 120 cm³/mol. The Kier molecular flexibility index (Phi) is 6.18. The second kappa shape index (κ2) is 9.18. The summed E-state index contributed by atoms with van der Waals surface area (Å²) in [6.07, 6.45) is 1.63. The number of rotatable bonds is 6. The van der Waals surface area contributed by atoms with Crippen molar-refractivity contribution < 1.29 is 14.3 Å². The number of hydrogen-bond acceptors (Lipinski definition) is 4. The van der Waals surface area contributed by atoms with Crippen molar-refractivity contribution in [3.63, 3.8) is 0 Å². The van der Waals surface area contributed by atoms with Crippen molar-refractivity contribution in [3.8, 4) is 5.75 Å². The number of pyridine rings is 1. The van der Waals surface area contributed by atoms with Crippen LogP contribution in [0.1, 0.15) is 30.1 Å². The molecule has 6 nitrogen and oxygen atoms in total. The van der Waals surface area contributed by atoms with Crippen LogP contribution in [-0.4, -0.2) is 23.3 Å². The van der Waals surface area contributed by atoms with Crippen LogP contribution >= 0.6 is 11.6 Å². The summed E-state index contributed by atoms with van der Waals surface area (Å²) in [5, 5.41) is 3.49. The van der Waals surface area contributed by atoms with Crippen LogP contribution in [0, 0.1) is 6.92 Å². The highest BCUT2D eigenvalue weighted by molar-refractivity contribution is 6.31. The molecule has 0 saturated carbocycles. The molecule has 2 heterocycles. The number of carbonyl (C=O) groups is 2. The lowest BCUT2D eigenvalue weighted by Crippen LogP contribution is -2.42. The van der Waals surface area contributed by atoms with Crippen molar-refractivity contribution in [3.05, 3.63) is 83.0 Å². The molecule has 0 bridgehead atoms. The number of benzene rings is 2. The molecule has 1 aliphatic rings. The number of ether oxygens (including phenoxy) is 1. The molecule has 2 aromatic carbocycles. The Morgan fingerprint density at radius 2 is 1.94 bits per heavy atom. The van der Waals surface area contributed by atoms with Gasteiger partial charge in [-0.25, -0.2) is 4.98 Å². The number of fused-ring (bicyclic) bond motifs is 1. The third kappa shape index (κ3) is 4.54. The van der Waals surface area contributed by atoms with E-state index in [1.54, 1.807) is 35.4 Å². The molecule has 4 rings (SSSR count). The topological polar surface area (TPSA) is 71.5 Å². The van der Waals surface area contributed by atoms with Gasteiger partial charge in [0.25, 0.3) is 5.91 Å². The molecular weight excluding hydrogens is 414 g/mol. The summed E-state index contributed by atoms with van der Waals surface area (Å²) < 4.78 is 5.95. The van der Waals surface area contributed by atoms with Crippen LogP contribution in [0.4, 0.5) is 11.5 Å². The molecule has 1 atom stereocenters. The summed E-state index contributed by atoms with van der Waals surface area (Å²) in [6, 6.07) is 18.3. The number of hydrogen-bond donors (Lipinski definition) is 1. The van der Waals surface area contributed by atoms with Gasteiger partial charge in [0.05, 0.1) is 0 Å². The number of anilines is 2.